The third-order valence-electron chi connectivity index (χ3n) is 3.43. The summed E-state index contributed by atoms with van der Waals surface area (Å²) in [6.45, 7) is 1.60. The van der Waals surface area contributed by atoms with Gasteiger partial charge in [-0.25, -0.2) is 9.78 Å². The van der Waals surface area contributed by atoms with Crippen molar-refractivity contribution in [1.29, 1.82) is 0 Å². The molecule has 0 bridgehead atoms. The molecule has 3 aromatic rings. The van der Waals surface area contributed by atoms with Gasteiger partial charge in [0.2, 0.25) is 0 Å². The number of thiazole rings is 1. The highest BCUT2D eigenvalue weighted by Crippen LogP contribution is 2.38. The molecule has 0 amide bonds. The van der Waals surface area contributed by atoms with E-state index in [2.05, 4.69) is 4.98 Å². The minimum Gasteiger partial charge on any atom is -0.477 e. The Morgan fingerprint density at radius 2 is 1.96 bits per heavy atom. The Hall–Kier alpha value is -2.42. The molecular weight excluding hydrogens is 396 g/mol. The molecule has 0 aliphatic rings. The van der Waals surface area contributed by atoms with E-state index in [0.29, 0.717) is 26.2 Å². The van der Waals surface area contributed by atoms with Crippen molar-refractivity contribution in [2.24, 2.45) is 0 Å². The van der Waals surface area contributed by atoms with Gasteiger partial charge in [-0.3, -0.25) is 10.1 Å². The summed E-state index contributed by atoms with van der Waals surface area (Å²) in [6.07, 6.45) is 0. The van der Waals surface area contributed by atoms with Gasteiger partial charge in [0.05, 0.1) is 15.5 Å². The summed E-state index contributed by atoms with van der Waals surface area (Å²) in [5, 5.41) is 21.7. The zero-order valence-electron chi connectivity index (χ0n) is 13.3. The number of benzene rings is 2. The summed E-state index contributed by atoms with van der Waals surface area (Å²) >= 11 is 8.11. The zero-order chi connectivity index (χ0) is 18.8. The molecular formula is C17H11ClN2O4S2. The van der Waals surface area contributed by atoms with Crippen molar-refractivity contribution in [3.63, 3.8) is 0 Å². The van der Waals surface area contributed by atoms with E-state index in [0.717, 1.165) is 16.2 Å². The van der Waals surface area contributed by atoms with Crippen LogP contribution in [0.4, 0.5) is 5.69 Å². The molecule has 3 rings (SSSR count). The maximum atomic E-state index is 11.5. The number of hydrogen-bond acceptors (Lipinski definition) is 6. The number of rotatable bonds is 5. The van der Waals surface area contributed by atoms with Crippen molar-refractivity contribution in [3.8, 4) is 10.6 Å². The number of carboxylic acid groups (broad SMARTS) is 1. The first kappa shape index (κ1) is 18.4. The molecule has 0 atom stereocenters. The number of aromatic carboxylic acids is 1. The van der Waals surface area contributed by atoms with Crippen LogP contribution in [0.1, 0.15) is 15.4 Å². The van der Waals surface area contributed by atoms with Gasteiger partial charge in [0.1, 0.15) is 9.88 Å². The van der Waals surface area contributed by atoms with Gasteiger partial charge in [-0.2, -0.15) is 0 Å². The normalized spacial score (nSPS) is 10.7. The number of carboxylic acids is 1. The molecule has 0 fully saturated rings. The Kier molecular flexibility index (Phi) is 5.26. The van der Waals surface area contributed by atoms with Crippen LogP contribution in [0.3, 0.4) is 0 Å². The number of aryl methyl sites for hydroxylation is 1. The zero-order valence-corrected chi connectivity index (χ0v) is 15.7. The smallest absolute Gasteiger partial charge is 0.347 e. The quantitative estimate of drug-likeness (QED) is 0.442. The van der Waals surface area contributed by atoms with Crippen LogP contribution in [0.5, 0.6) is 0 Å². The number of hydrogen-bond donors (Lipinski definition) is 1. The molecule has 1 N–H and O–H groups in total. The minimum atomic E-state index is -1.06. The van der Waals surface area contributed by atoms with Crippen LogP contribution in [0.15, 0.2) is 52.3 Å². The van der Waals surface area contributed by atoms with Crippen LogP contribution in [-0.4, -0.2) is 21.0 Å². The second kappa shape index (κ2) is 7.45. The lowest BCUT2D eigenvalue weighted by molar-refractivity contribution is -0.387. The van der Waals surface area contributed by atoms with Crippen LogP contribution in [0.25, 0.3) is 10.6 Å². The molecule has 132 valence electrons. The lowest BCUT2D eigenvalue weighted by Crippen LogP contribution is -1.94. The van der Waals surface area contributed by atoms with Crippen LogP contribution in [-0.2, 0) is 0 Å². The Balaban J connectivity index is 1.99. The first-order chi connectivity index (χ1) is 12.3. The van der Waals surface area contributed by atoms with E-state index < -0.39 is 10.9 Å². The lowest BCUT2D eigenvalue weighted by Gasteiger charge is -2.05. The highest BCUT2D eigenvalue weighted by Gasteiger charge is 2.20. The van der Waals surface area contributed by atoms with Gasteiger partial charge in [0.25, 0.3) is 5.69 Å². The van der Waals surface area contributed by atoms with Crippen LogP contribution in [0.2, 0.25) is 5.02 Å². The summed E-state index contributed by atoms with van der Waals surface area (Å²) in [5.41, 5.74) is 0.838. The van der Waals surface area contributed by atoms with Gasteiger partial charge in [-0.05, 0) is 37.3 Å². The second-order valence-corrected chi connectivity index (χ2v) is 7.79. The monoisotopic (exact) mass is 406 g/mol. The van der Waals surface area contributed by atoms with E-state index in [-0.39, 0.29) is 10.6 Å². The van der Waals surface area contributed by atoms with Crippen molar-refractivity contribution >= 4 is 46.4 Å². The van der Waals surface area contributed by atoms with Gasteiger partial charge in [-0.15, -0.1) is 11.3 Å². The van der Waals surface area contributed by atoms with E-state index in [1.54, 1.807) is 43.3 Å². The van der Waals surface area contributed by atoms with Crippen LogP contribution >= 0.6 is 34.7 Å². The molecule has 0 saturated carbocycles. The highest BCUT2D eigenvalue weighted by atomic mass is 35.5. The van der Waals surface area contributed by atoms with Gasteiger partial charge >= 0.3 is 5.97 Å². The van der Waals surface area contributed by atoms with Crippen LogP contribution < -0.4 is 0 Å². The highest BCUT2D eigenvalue weighted by molar-refractivity contribution is 7.99. The summed E-state index contributed by atoms with van der Waals surface area (Å²) in [7, 11) is 0. The molecule has 26 heavy (non-hydrogen) atoms. The Morgan fingerprint density at radius 3 is 2.54 bits per heavy atom. The van der Waals surface area contributed by atoms with Crippen molar-refractivity contribution in [2.75, 3.05) is 0 Å². The molecule has 1 aromatic heterocycles. The number of nitrogens with zero attached hydrogens (tertiary/aromatic N) is 2. The predicted octanol–water partition coefficient (Wildman–Crippen LogP) is 5.53. The lowest BCUT2D eigenvalue weighted by atomic mass is 10.2. The topological polar surface area (TPSA) is 93.3 Å². The Labute approximate surface area is 161 Å². The first-order valence-electron chi connectivity index (χ1n) is 7.28. The first-order valence-corrected chi connectivity index (χ1v) is 9.29. The third-order valence-corrected chi connectivity index (χ3v) is 5.95. The molecule has 0 aliphatic heterocycles. The molecule has 9 heteroatoms. The molecule has 0 radical (unpaired) electrons. The number of nitro groups is 1. The van der Waals surface area contributed by atoms with Gasteiger partial charge in [0, 0.05) is 21.5 Å². The van der Waals surface area contributed by atoms with E-state index in [1.165, 1.54) is 17.8 Å². The number of aromatic nitrogens is 1. The van der Waals surface area contributed by atoms with Gasteiger partial charge < -0.3 is 5.11 Å². The summed E-state index contributed by atoms with van der Waals surface area (Å²) in [5.74, 6) is -1.06. The fourth-order valence-corrected chi connectivity index (χ4v) is 4.15. The Morgan fingerprint density at radius 1 is 1.27 bits per heavy atom. The number of carbonyl (C=O) groups is 1. The summed E-state index contributed by atoms with van der Waals surface area (Å²) in [4.78, 5) is 27.9. The minimum absolute atomic E-state index is 0.0628. The van der Waals surface area contributed by atoms with Gasteiger partial charge in [0.15, 0.2) is 0 Å². The molecule has 0 aliphatic carbocycles. The second-order valence-electron chi connectivity index (χ2n) is 5.23. The van der Waals surface area contributed by atoms with Crippen molar-refractivity contribution in [1.82, 2.24) is 4.98 Å². The van der Waals surface area contributed by atoms with E-state index in [4.69, 9.17) is 16.7 Å². The summed E-state index contributed by atoms with van der Waals surface area (Å²) < 4.78 is 0. The van der Waals surface area contributed by atoms with Crippen molar-refractivity contribution in [2.45, 2.75) is 16.7 Å². The predicted molar refractivity (Wildman–Crippen MR) is 101 cm³/mol. The van der Waals surface area contributed by atoms with E-state index in [1.807, 2.05) is 0 Å². The maximum absolute atomic E-state index is 11.5. The van der Waals surface area contributed by atoms with Gasteiger partial charge in [-0.1, -0.05) is 29.4 Å². The molecule has 2 aromatic carbocycles. The maximum Gasteiger partial charge on any atom is 0.347 e. The fourth-order valence-electron chi connectivity index (χ4n) is 2.23. The van der Waals surface area contributed by atoms with Crippen molar-refractivity contribution in [3.05, 3.63) is 68.2 Å². The largest absolute Gasteiger partial charge is 0.477 e. The Bertz CT molecular complexity index is 1000. The van der Waals surface area contributed by atoms with Crippen molar-refractivity contribution < 1.29 is 14.8 Å². The molecule has 0 spiro atoms. The van der Waals surface area contributed by atoms with Crippen LogP contribution in [0, 0.1) is 17.0 Å². The molecule has 0 unspecified atom stereocenters. The van der Waals surface area contributed by atoms with E-state index >= 15 is 0 Å². The average molecular weight is 407 g/mol. The molecule has 1 heterocycles. The number of halogens is 1. The summed E-state index contributed by atoms with van der Waals surface area (Å²) in [6, 6.07) is 11.8. The molecule has 6 nitrogen and oxygen atoms in total. The SMILES string of the molecule is Cc1nc(-c2ccc(Sc3ccc(Cl)cc3)c([N+](=O)[O-])c2)sc1C(=O)O. The third kappa shape index (κ3) is 3.87. The molecule has 0 saturated heterocycles. The number of nitro benzene ring substituents is 1. The average Bonchev–Trinajstić information content (AvgIpc) is 2.99. The standard InChI is InChI=1S/C17H11ClN2O4S2/c1-9-15(17(21)22)26-16(19-9)10-2-7-14(13(8-10)20(23)24)25-12-5-3-11(18)4-6-12/h2-8H,1H3,(H,21,22). The van der Waals surface area contributed by atoms with E-state index in [9.17, 15) is 14.9 Å². The fraction of sp³-hybridized carbons (Fsp3) is 0.0588.